The summed E-state index contributed by atoms with van der Waals surface area (Å²) in [4.78, 5) is 10.9. The van der Waals surface area contributed by atoms with Crippen molar-refractivity contribution in [2.24, 2.45) is 0 Å². The Morgan fingerprint density at radius 2 is 1.96 bits per heavy atom. The molecule has 0 amide bonds. The Morgan fingerprint density at radius 3 is 2.35 bits per heavy atom. The minimum Gasteiger partial charge on any atom is -0.497 e. The first-order chi connectivity index (χ1) is 11.1. The normalized spacial score (nSPS) is 15.8. The maximum atomic E-state index is 10.9. The van der Waals surface area contributed by atoms with Gasteiger partial charge in [-0.1, -0.05) is 11.6 Å². The maximum Gasteiger partial charge on any atom is 0.150 e. The van der Waals surface area contributed by atoms with Crippen LogP contribution in [0.1, 0.15) is 26.7 Å². The largest absolute Gasteiger partial charge is 0.497 e. The summed E-state index contributed by atoms with van der Waals surface area (Å²) in [6.07, 6.45) is 8.86. The lowest BCUT2D eigenvalue weighted by Gasteiger charge is -2.04. The van der Waals surface area contributed by atoms with Gasteiger partial charge in [0.2, 0.25) is 0 Å². The van der Waals surface area contributed by atoms with Gasteiger partial charge >= 0.3 is 0 Å². The van der Waals surface area contributed by atoms with E-state index >= 15 is 0 Å². The van der Waals surface area contributed by atoms with Gasteiger partial charge in [0.25, 0.3) is 0 Å². The van der Waals surface area contributed by atoms with Gasteiger partial charge in [0, 0.05) is 31.8 Å². The van der Waals surface area contributed by atoms with Crippen LogP contribution >= 0.6 is 0 Å². The highest BCUT2D eigenvalue weighted by Crippen LogP contribution is 2.18. The molecule has 1 fully saturated rings. The van der Waals surface area contributed by atoms with Crippen molar-refractivity contribution in [1.82, 2.24) is 10.6 Å². The van der Waals surface area contributed by atoms with Crippen LogP contribution in [0.4, 0.5) is 0 Å². The monoisotopic (exact) mass is 324 g/mol. The Morgan fingerprint density at radius 1 is 1.26 bits per heavy atom. The molecule has 0 bridgehead atoms. The zero-order valence-electron chi connectivity index (χ0n) is 15.1. The molecule has 0 saturated heterocycles. The van der Waals surface area contributed by atoms with E-state index < -0.39 is 0 Å². The van der Waals surface area contributed by atoms with Crippen LogP contribution in [0.3, 0.4) is 0 Å². The molecular weight excluding hydrogens is 292 g/mol. The van der Waals surface area contributed by atoms with Gasteiger partial charge in [0.15, 0.2) is 0 Å². The van der Waals surface area contributed by atoms with Crippen LogP contribution in [0.2, 0.25) is 0 Å². The number of hydrogen-bond donors (Lipinski definition) is 2. The molecule has 23 heavy (non-hydrogen) atoms. The second kappa shape index (κ2) is 14.2. The minimum atomic E-state index is 0.634. The number of methoxy groups -OCH3 is 2. The summed E-state index contributed by atoms with van der Waals surface area (Å²) in [5, 5.41) is 6.35. The number of allylic oxidation sites excluding steroid dienone is 4. The van der Waals surface area contributed by atoms with Crippen molar-refractivity contribution >= 4 is 6.29 Å². The Balaban J connectivity index is 0.000000688. The second-order valence-electron chi connectivity index (χ2n) is 5.40. The Kier molecular flexibility index (Phi) is 13.3. The molecule has 0 unspecified atom stereocenters. The molecule has 0 aromatic rings. The van der Waals surface area contributed by atoms with Crippen LogP contribution < -0.4 is 10.6 Å². The Hall–Kier alpha value is -1.43. The first kappa shape index (κ1) is 21.6. The van der Waals surface area contributed by atoms with Crippen molar-refractivity contribution in [3.63, 3.8) is 0 Å². The Bertz CT molecular complexity index is 406. The van der Waals surface area contributed by atoms with E-state index in [0.29, 0.717) is 17.4 Å². The van der Waals surface area contributed by atoms with Crippen LogP contribution in [-0.2, 0) is 14.3 Å². The van der Waals surface area contributed by atoms with Gasteiger partial charge in [0.05, 0.1) is 13.7 Å². The fraction of sp³-hybridized carbons (Fsp3) is 0.611. The van der Waals surface area contributed by atoms with E-state index in [9.17, 15) is 4.79 Å². The van der Waals surface area contributed by atoms with E-state index in [-0.39, 0.29) is 0 Å². The quantitative estimate of drug-likeness (QED) is 0.212. The molecule has 5 heteroatoms. The van der Waals surface area contributed by atoms with E-state index in [1.54, 1.807) is 20.3 Å². The van der Waals surface area contributed by atoms with E-state index in [0.717, 1.165) is 31.6 Å². The molecule has 5 nitrogen and oxygen atoms in total. The van der Waals surface area contributed by atoms with Gasteiger partial charge in [-0.05, 0) is 45.9 Å². The smallest absolute Gasteiger partial charge is 0.150 e. The SMILES string of the molecule is CNCCOC.C\C=C(/C=C(C=O)\C=C(/C)CNC1CC1)OC. The predicted octanol–water partition coefficient (Wildman–Crippen LogP) is 2.21. The average Bonchev–Trinajstić information content (AvgIpc) is 3.39. The molecule has 132 valence electrons. The summed E-state index contributed by atoms with van der Waals surface area (Å²) in [6.45, 7) is 6.48. The molecule has 2 N–H and O–H groups in total. The number of ether oxygens (including phenoxy) is 2. The molecule has 0 aliphatic heterocycles. The van der Waals surface area contributed by atoms with Gasteiger partial charge in [-0.15, -0.1) is 0 Å². The zero-order chi connectivity index (χ0) is 17.5. The number of rotatable bonds is 10. The first-order valence-electron chi connectivity index (χ1n) is 8.02. The molecule has 0 aromatic heterocycles. The molecule has 1 aliphatic rings. The molecule has 0 spiro atoms. The van der Waals surface area contributed by atoms with E-state index in [1.807, 2.05) is 33.0 Å². The molecule has 0 heterocycles. The minimum absolute atomic E-state index is 0.634. The zero-order valence-corrected chi connectivity index (χ0v) is 15.1. The third-order valence-corrected chi connectivity index (χ3v) is 3.18. The van der Waals surface area contributed by atoms with Crippen molar-refractivity contribution in [2.75, 3.05) is 41.0 Å². The van der Waals surface area contributed by atoms with Crippen LogP contribution in [-0.4, -0.2) is 53.3 Å². The predicted molar refractivity (Wildman–Crippen MR) is 95.5 cm³/mol. The van der Waals surface area contributed by atoms with Crippen LogP contribution in [0.15, 0.2) is 35.1 Å². The van der Waals surface area contributed by atoms with Gasteiger partial charge in [-0.2, -0.15) is 0 Å². The molecule has 0 atom stereocenters. The summed E-state index contributed by atoms with van der Waals surface area (Å²) >= 11 is 0. The number of hydrogen-bond acceptors (Lipinski definition) is 5. The highest BCUT2D eigenvalue weighted by Gasteiger charge is 2.19. The number of carbonyl (C=O) groups excluding carboxylic acids is 1. The summed E-state index contributed by atoms with van der Waals surface area (Å²) in [5.74, 6) is 0.700. The van der Waals surface area contributed by atoms with Crippen molar-refractivity contribution in [2.45, 2.75) is 32.7 Å². The molecule has 1 rings (SSSR count). The second-order valence-corrected chi connectivity index (χ2v) is 5.40. The Labute approximate surface area is 140 Å². The molecule has 0 radical (unpaired) electrons. The third kappa shape index (κ3) is 12.8. The number of likely N-dealkylation sites (N-methyl/N-ethyl adjacent to an activating group) is 1. The number of carbonyl (C=O) groups is 1. The van der Waals surface area contributed by atoms with Crippen LogP contribution in [0, 0.1) is 0 Å². The average molecular weight is 324 g/mol. The van der Waals surface area contributed by atoms with Crippen molar-refractivity contribution in [3.8, 4) is 0 Å². The standard InChI is InChI=1S/C14H21NO2.C4H11NO/c1-4-14(17-3)8-12(10-16)7-11(2)9-15-13-5-6-13;1-5-3-4-6-2/h4,7-8,10,13,15H,5-6,9H2,1-3H3;5H,3-4H2,1-2H3/b11-7+,12-8+,14-4+;. The van der Waals surface area contributed by atoms with E-state index in [4.69, 9.17) is 9.47 Å². The first-order valence-corrected chi connectivity index (χ1v) is 8.02. The molecule has 1 saturated carbocycles. The molecular formula is C18H32N2O3. The van der Waals surface area contributed by atoms with Crippen LogP contribution in [0.5, 0.6) is 0 Å². The lowest BCUT2D eigenvalue weighted by Crippen LogP contribution is -2.18. The number of aldehydes is 1. The highest BCUT2D eigenvalue weighted by atomic mass is 16.5. The van der Waals surface area contributed by atoms with Gasteiger partial charge in [-0.3, -0.25) is 4.79 Å². The van der Waals surface area contributed by atoms with Crippen molar-refractivity contribution in [1.29, 1.82) is 0 Å². The number of nitrogens with one attached hydrogen (secondary N) is 2. The van der Waals surface area contributed by atoms with Crippen molar-refractivity contribution < 1.29 is 14.3 Å². The third-order valence-electron chi connectivity index (χ3n) is 3.18. The van der Waals surface area contributed by atoms with Gasteiger partial charge in [-0.25, -0.2) is 0 Å². The molecule has 1 aliphatic carbocycles. The highest BCUT2D eigenvalue weighted by molar-refractivity contribution is 5.78. The van der Waals surface area contributed by atoms with Gasteiger partial charge < -0.3 is 20.1 Å². The lowest BCUT2D eigenvalue weighted by molar-refractivity contribution is -0.104. The topological polar surface area (TPSA) is 59.6 Å². The summed E-state index contributed by atoms with van der Waals surface area (Å²) in [6, 6.07) is 0.687. The maximum absolute atomic E-state index is 10.9. The summed E-state index contributed by atoms with van der Waals surface area (Å²) < 4.78 is 9.82. The van der Waals surface area contributed by atoms with Crippen LogP contribution in [0.25, 0.3) is 0 Å². The summed E-state index contributed by atoms with van der Waals surface area (Å²) in [7, 11) is 5.19. The summed E-state index contributed by atoms with van der Waals surface area (Å²) in [5.41, 5.74) is 1.79. The van der Waals surface area contributed by atoms with E-state index in [2.05, 4.69) is 10.6 Å². The lowest BCUT2D eigenvalue weighted by atomic mass is 10.1. The molecule has 0 aromatic carbocycles. The fourth-order valence-electron chi connectivity index (χ4n) is 1.67. The van der Waals surface area contributed by atoms with E-state index in [1.165, 1.54) is 12.8 Å². The fourth-order valence-corrected chi connectivity index (χ4v) is 1.67. The van der Waals surface area contributed by atoms with Gasteiger partial charge in [0.1, 0.15) is 12.0 Å². The van der Waals surface area contributed by atoms with Crippen molar-refractivity contribution in [3.05, 3.63) is 35.1 Å².